The normalized spacial score (nSPS) is 13.7. The summed E-state index contributed by atoms with van der Waals surface area (Å²) in [6, 6.07) is 2.84. The van der Waals surface area contributed by atoms with E-state index in [4.69, 9.17) is 17.3 Å². The van der Waals surface area contributed by atoms with Crippen molar-refractivity contribution in [1.29, 1.82) is 0 Å². The first-order chi connectivity index (χ1) is 9.13. The van der Waals surface area contributed by atoms with Crippen molar-refractivity contribution in [2.24, 2.45) is 5.92 Å². The van der Waals surface area contributed by atoms with Crippen LogP contribution in [0.15, 0.2) is 17.0 Å². The Morgan fingerprint density at radius 3 is 2.55 bits per heavy atom. The van der Waals surface area contributed by atoms with Crippen LogP contribution in [0.25, 0.3) is 0 Å². The first kappa shape index (κ1) is 17.2. The van der Waals surface area contributed by atoms with Crippen LogP contribution in [0.4, 0.5) is 5.69 Å². The van der Waals surface area contributed by atoms with Gasteiger partial charge in [0.05, 0.1) is 21.7 Å². The molecular formula is C13H21ClN2O3S. The van der Waals surface area contributed by atoms with E-state index in [2.05, 4.69) is 4.72 Å². The molecule has 1 atom stereocenters. The van der Waals surface area contributed by atoms with Gasteiger partial charge in [-0.15, -0.1) is 0 Å². The molecule has 0 aliphatic carbocycles. The average molecular weight is 321 g/mol. The second-order valence-electron chi connectivity index (χ2n) is 5.27. The molecule has 0 amide bonds. The second kappa shape index (κ2) is 6.76. The van der Waals surface area contributed by atoms with E-state index < -0.39 is 16.1 Å². The van der Waals surface area contributed by atoms with Gasteiger partial charge in [0.15, 0.2) is 0 Å². The van der Waals surface area contributed by atoms with Crippen molar-refractivity contribution in [3.63, 3.8) is 0 Å². The van der Waals surface area contributed by atoms with Crippen LogP contribution in [0.5, 0.6) is 0 Å². The van der Waals surface area contributed by atoms with Crippen LogP contribution in [0.1, 0.15) is 25.8 Å². The van der Waals surface area contributed by atoms with Gasteiger partial charge in [0.25, 0.3) is 0 Å². The minimum absolute atomic E-state index is 0.0253. The summed E-state index contributed by atoms with van der Waals surface area (Å²) in [6.07, 6.45) is -0.181. The number of aliphatic hydroxyl groups excluding tert-OH is 1. The van der Waals surface area contributed by atoms with Gasteiger partial charge in [0.1, 0.15) is 0 Å². The molecule has 0 bridgehead atoms. The zero-order valence-corrected chi connectivity index (χ0v) is 13.4. The predicted octanol–water partition coefficient (Wildman–Crippen LogP) is 1.92. The molecule has 1 unspecified atom stereocenters. The molecule has 1 aromatic carbocycles. The summed E-state index contributed by atoms with van der Waals surface area (Å²) in [5, 5.41) is 10.0. The van der Waals surface area contributed by atoms with Gasteiger partial charge in [-0.25, -0.2) is 13.1 Å². The highest BCUT2D eigenvalue weighted by Gasteiger charge is 2.19. The summed E-state index contributed by atoms with van der Waals surface area (Å²) < 4.78 is 26.8. The van der Waals surface area contributed by atoms with Crippen LogP contribution in [0, 0.1) is 12.8 Å². The van der Waals surface area contributed by atoms with Crippen LogP contribution in [0.3, 0.4) is 0 Å². The molecule has 0 spiro atoms. The fraction of sp³-hybridized carbons (Fsp3) is 0.538. The predicted molar refractivity (Wildman–Crippen MR) is 81.3 cm³/mol. The number of nitrogen functional groups attached to an aromatic ring is 1. The molecule has 0 fully saturated rings. The summed E-state index contributed by atoms with van der Waals surface area (Å²) in [7, 11) is -3.71. The molecule has 0 heterocycles. The van der Waals surface area contributed by atoms with E-state index >= 15 is 0 Å². The van der Waals surface area contributed by atoms with Gasteiger partial charge in [0, 0.05) is 6.54 Å². The van der Waals surface area contributed by atoms with Crippen LogP contribution in [0.2, 0.25) is 5.02 Å². The molecular weight excluding hydrogens is 300 g/mol. The van der Waals surface area contributed by atoms with Crippen molar-refractivity contribution >= 4 is 27.3 Å². The Balaban J connectivity index is 2.87. The third kappa shape index (κ3) is 4.63. The van der Waals surface area contributed by atoms with E-state index in [-0.39, 0.29) is 17.1 Å². The molecule has 5 nitrogen and oxygen atoms in total. The van der Waals surface area contributed by atoms with Crippen molar-refractivity contribution < 1.29 is 13.5 Å². The highest BCUT2D eigenvalue weighted by Crippen LogP contribution is 2.26. The zero-order chi connectivity index (χ0) is 15.5. The van der Waals surface area contributed by atoms with Gasteiger partial charge in [-0.05, 0) is 37.0 Å². The molecule has 0 radical (unpaired) electrons. The Morgan fingerprint density at radius 1 is 1.40 bits per heavy atom. The van der Waals surface area contributed by atoms with Crippen molar-refractivity contribution in [3.8, 4) is 0 Å². The van der Waals surface area contributed by atoms with E-state index in [0.29, 0.717) is 22.9 Å². The number of aliphatic hydroxyl groups is 1. The quantitative estimate of drug-likeness (QED) is 0.698. The van der Waals surface area contributed by atoms with Crippen molar-refractivity contribution in [2.75, 3.05) is 12.3 Å². The van der Waals surface area contributed by atoms with Crippen molar-refractivity contribution in [1.82, 2.24) is 4.72 Å². The Morgan fingerprint density at radius 2 is 2.00 bits per heavy atom. The Hall–Kier alpha value is -0.820. The molecule has 0 saturated carbocycles. The number of hydrogen-bond acceptors (Lipinski definition) is 4. The van der Waals surface area contributed by atoms with Gasteiger partial charge >= 0.3 is 0 Å². The largest absolute Gasteiger partial charge is 0.397 e. The van der Waals surface area contributed by atoms with Crippen LogP contribution in [-0.2, 0) is 10.0 Å². The molecule has 1 rings (SSSR count). The van der Waals surface area contributed by atoms with Gasteiger partial charge in [0.2, 0.25) is 10.0 Å². The van der Waals surface area contributed by atoms with E-state index in [0.717, 1.165) is 0 Å². The lowest BCUT2D eigenvalue weighted by Crippen LogP contribution is -2.33. The lowest BCUT2D eigenvalue weighted by Gasteiger charge is -2.15. The maximum absolute atomic E-state index is 12.2. The highest BCUT2D eigenvalue weighted by atomic mass is 35.5. The molecule has 0 aromatic heterocycles. The fourth-order valence-electron chi connectivity index (χ4n) is 1.87. The number of hydrogen-bond donors (Lipinski definition) is 3. The SMILES string of the molecule is Cc1cc(Cl)c(N)cc1S(=O)(=O)NCC(O)CC(C)C. The van der Waals surface area contributed by atoms with Gasteiger partial charge in [-0.3, -0.25) is 0 Å². The number of rotatable bonds is 6. The second-order valence-corrected chi connectivity index (χ2v) is 7.42. The first-order valence-electron chi connectivity index (χ1n) is 6.37. The van der Waals surface area contributed by atoms with Crippen molar-refractivity contribution in [2.45, 2.75) is 38.2 Å². The van der Waals surface area contributed by atoms with E-state index in [1.807, 2.05) is 13.8 Å². The van der Waals surface area contributed by atoms with Gasteiger partial charge in [-0.2, -0.15) is 0 Å². The number of benzene rings is 1. The highest BCUT2D eigenvalue weighted by molar-refractivity contribution is 7.89. The van der Waals surface area contributed by atoms with Gasteiger partial charge < -0.3 is 10.8 Å². The van der Waals surface area contributed by atoms with E-state index in [1.165, 1.54) is 12.1 Å². The average Bonchev–Trinajstić information content (AvgIpc) is 2.30. The monoisotopic (exact) mass is 320 g/mol. The number of nitrogens with one attached hydrogen (secondary N) is 1. The summed E-state index contributed by atoms with van der Waals surface area (Å²) in [5.74, 6) is 0.294. The molecule has 114 valence electrons. The number of halogens is 1. The Labute approximate surface area is 125 Å². The summed E-state index contributed by atoms with van der Waals surface area (Å²) in [6.45, 7) is 5.54. The minimum Gasteiger partial charge on any atom is -0.397 e. The Kier molecular flexibility index (Phi) is 5.82. The standard InChI is InChI=1S/C13H21ClN2O3S/c1-8(2)4-10(17)7-16-20(18,19)13-6-12(15)11(14)5-9(13)3/h5-6,8,10,16-17H,4,7,15H2,1-3H3. The first-order valence-corrected chi connectivity index (χ1v) is 8.23. The molecule has 4 N–H and O–H groups in total. The number of anilines is 1. The summed E-state index contributed by atoms with van der Waals surface area (Å²) in [5.41, 5.74) is 6.35. The topological polar surface area (TPSA) is 92.4 Å². The van der Waals surface area contributed by atoms with E-state index in [1.54, 1.807) is 6.92 Å². The van der Waals surface area contributed by atoms with Gasteiger partial charge in [-0.1, -0.05) is 25.4 Å². The smallest absolute Gasteiger partial charge is 0.240 e. The number of nitrogens with two attached hydrogens (primary N) is 1. The third-order valence-electron chi connectivity index (χ3n) is 2.84. The maximum Gasteiger partial charge on any atom is 0.240 e. The van der Waals surface area contributed by atoms with Crippen LogP contribution >= 0.6 is 11.6 Å². The number of sulfonamides is 1. The van der Waals surface area contributed by atoms with E-state index in [9.17, 15) is 13.5 Å². The maximum atomic E-state index is 12.2. The summed E-state index contributed by atoms with van der Waals surface area (Å²) in [4.78, 5) is 0.0798. The third-order valence-corrected chi connectivity index (χ3v) is 4.73. The lowest BCUT2D eigenvalue weighted by molar-refractivity contribution is 0.152. The zero-order valence-electron chi connectivity index (χ0n) is 11.9. The Bertz CT molecular complexity index is 573. The molecule has 20 heavy (non-hydrogen) atoms. The molecule has 1 aromatic rings. The van der Waals surface area contributed by atoms with Crippen LogP contribution in [-0.4, -0.2) is 26.2 Å². The molecule has 0 saturated heterocycles. The molecule has 0 aliphatic heterocycles. The lowest BCUT2D eigenvalue weighted by atomic mass is 10.1. The van der Waals surface area contributed by atoms with Crippen LogP contribution < -0.4 is 10.5 Å². The van der Waals surface area contributed by atoms with Crippen molar-refractivity contribution in [3.05, 3.63) is 22.7 Å². The fourth-order valence-corrected chi connectivity index (χ4v) is 3.42. The number of aryl methyl sites for hydroxylation is 1. The minimum atomic E-state index is -3.71. The summed E-state index contributed by atoms with van der Waals surface area (Å²) >= 11 is 5.84. The molecule has 7 heteroatoms. The molecule has 0 aliphatic rings.